The van der Waals surface area contributed by atoms with E-state index in [1.165, 1.54) is 0 Å². The lowest BCUT2D eigenvalue weighted by molar-refractivity contribution is 0.328. The summed E-state index contributed by atoms with van der Waals surface area (Å²) in [4.78, 5) is 0. The van der Waals surface area contributed by atoms with Crippen molar-refractivity contribution in [1.82, 2.24) is 0 Å². The molecule has 0 aromatic rings. The lowest BCUT2D eigenvalue weighted by atomic mass is 9.58. The molecule has 0 N–H and O–H groups in total. The highest BCUT2D eigenvalue weighted by molar-refractivity contribution is 6.81. The highest BCUT2D eigenvalue weighted by Crippen LogP contribution is 2.42. The Labute approximate surface area is 64.8 Å². The van der Waals surface area contributed by atoms with Crippen LogP contribution in [-0.2, 0) is 0 Å². The molecule has 1 rings (SSSR count). The molecular formula is C9H17B. The molecule has 0 aliphatic carbocycles. The van der Waals surface area contributed by atoms with Crippen LogP contribution in [0.25, 0.3) is 0 Å². The van der Waals surface area contributed by atoms with Crippen molar-refractivity contribution in [3.63, 3.8) is 0 Å². The molecule has 1 heteroatoms. The molecule has 0 unspecified atom stereocenters. The first kappa shape index (κ1) is 7.91. The Morgan fingerprint density at radius 2 is 1.80 bits per heavy atom. The summed E-state index contributed by atoms with van der Waals surface area (Å²) in [6, 6.07) is 0. The summed E-state index contributed by atoms with van der Waals surface area (Å²) in [7, 11) is 0. The van der Waals surface area contributed by atoms with Crippen LogP contribution in [0.2, 0.25) is 6.82 Å². The molecule has 0 amide bonds. The van der Waals surface area contributed by atoms with Gasteiger partial charge in [0.25, 0.3) is 0 Å². The first-order chi connectivity index (χ1) is 4.46. The van der Waals surface area contributed by atoms with Crippen LogP contribution in [0.3, 0.4) is 0 Å². The summed E-state index contributed by atoms with van der Waals surface area (Å²) in [5, 5.41) is 0. The monoisotopic (exact) mass is 136 g/mol. The average Bonchev–Trinajstić information content (AvgIpc) is 2.46. The number of allylic oxidation sites excluding steroid dienone is 1. The minimum absolute atomic E-state index is 0.444. The fraction of sp³-hybridized carbons (Fsp3) is 0.778. The zero-order chi connectivity index (χ0) is 7.94. The SMILES string of the molecule is CB1C=C1C(C)(C)C(C)C. The normalized spacial score (nSPS) is 17.8. The third kappa shape index (κ3) is 1.14. The molecule has 0 aromatic carbocycles. The van der Waals surface area contributed by atoms with E-state index in [0.29, 0.717) is 5.41 Å². The predicted octanol–water partition coefficient (Wildman–Crippen LogP) is 2.81. The molecule has 0 saturated carbocycles. The molecule has 0 atom stereocenters. The van der Waals surface area contributed by atoms with Crippen LogP contribution in [0.4, 0.5) is 0 Å². The second kappa shape index (κ2) is 2.15. The van der Waals surface area contributed by atoms with Crippen LogP contribution >= 0.6 is 0 Å². The van der Waals surface area contributed by atoms with Gasteiger partial charge in [0, 0.05) is 0 Å². The maximum Gasteiger partial charge on any atom is 0.191 e. The van der Waals surface area contributed by atoms with Gasteiger partial charge >= 0.3 is 0 Å². The van der Waals surface area contributed by atoms with E-state index in [9.17, 15) is 0 Å². The van der Waals surface area contributed by atoms with Gasteiger partial charge in [-0.05, 0) is 11.3 Å². The van der Waals surface area contributed by atoms with Crippen LogP contribution in [0.15, 0.2) is 11.4 Å². The highest BCUT2D eigenvalue weighted by Gasteiger charge is 2.37. The van der Waals surface area contributed by atoms with Crippen molar-refractivity contribution in [1.29, 1.82) is 0 Å². The average molecular weight is 136 g/mol. The van der Waals surface area contributed by atoms with Crippen LogP contribution in [0, 0.1) is 11.3 Å². The Morgan fingerprint density at radius 1 is 1.40 bits per heavy atom. The Kier molecular flexibility index (Phi) is 1.70. The number of rotatable bonds is 2. The van der Waals surface area contributed by atoms with Gasteiger partial charge < -0.3 is 0 Å². The predicted molar refractivity (Wildman–Crippen MR) is 48.3 cm³/mol. The summed E-state index contributed by atoms with van der Waals surface area (Å²) >= 11 is 0. The van der Waals surface area contributed by atoms with Crippen molar-refractivity contribution in [3.8, 4) is 0 Å². The van der Waals surface area contributed by atoms with Gasteiger partial charge in [-0.25, -0.2) is 0 Å². The molecule has 10 heavy (non-hydrogen) atoms. The largest absolute Gasteiger partial charge is 0.191 e. The van der Waals surface area contributed by atoms with Gasteiger partial charge in [-0.3, -0.25) is 0 Å². The van der Waals surface area contributed by atoms with Crippen molar-refractivity contribution in [3.05, 3.63) is 11.4 Å². The van der Waals surface area contributed by atoms with E-state index < -0.39 is 0 Å². The van der Waals surface area contributed by atoms with Gasteiger partial charge in [-0.1, -0.05) is 34.5 Å². The molecule has 1 aliphatic heterocycles. The van der Waals surface area contributed by atoms with Crippen LogP contribution < -0.4 is 0 Å². The van der Waals surface area contributed by atoms with Crippen molar-refractivity contribution >= 4 is 6.71 Å². The molecule has 0 saturated heterocycles. The molecule has 0 bridgehead atoms. The van der Waals surface area contributed by atoms with Crippen LogP contribution in [-0.4, -0.2) is 6.71 Å². The maximum absolute atomic E-state index is 2.38. The summed E-state index contributed by atoms with van der Waals surface area (Å²) < 4.78 is 0. The summed E-state index contributed by atoms with van der Waals surface area (Å²) in [6.45, 7) is 12.3. The van der Waals surface area contributed by atoms with Gasteiger partial charge in [-0.15, -0.1) is 11.4 Å². The quantitative estimate of drug-likeness (QED) is 0.512. The molecule has 0 aromatic heterocycles. The van der Waals surface area contributed by atoms with Gasteiger partial charge in [0.15, 0.2) is 6.71 Å². The second-order valence-corrected chi connectivity index (χ2v) is 4.29. The van der Waals surface area contributed by atoms with Crippen LogP contribution in [0.1, 0.15) is 27.7 Å². The van der Waals surface area contributed by atoms with E-state index in [1.54, 1.807) is 5.47 Å². The minimum atomic E-state index is 0.444. The van der Waals surface area contributed by atoms with Gasteiger partial charge in [0.2, 0.25) is 0 Å². The van der Waals surface area contributed by atoms with E-state index in [4.69, 9.17) is 0 Å². The smallest absolute Gasteiger partial charge is 0.119 e. The van der Waals surface area contributed by atoms with Gasteiger partial charge in [-0.2, -0.15) is 0 Å². The second-order valence-electron chi connectivity index (χ2n) is 4.29. The Hall–Kier alpha value is -0.195. The van der Waals surface area contributed by atoms with Crippen molar-refractivity contribution in [2.45, 2.75) is 34.5 Å². The third-order valence-electron chi connectivity index (χ3n) is 3.00. The lowest BCUT2D eigenvalue weighted by Gasteiger charge is -2.28. The fourth-order valence-electron chi connectivity index (χ4n) is 1.36. The van der Waals surface area contributed by atoms with E-state index in [1.807, 2.05) is 0 Å². The fourth-order valence-corrected chi connectivity index (χ4v) is 1.36. The molecule has 56 valence electrons. The molecule has 0 fully saturated rings. The van der Waals surface area contributed by atoms with E-state index in [0.717, 1.165) is 12.6 Å². The summed E-state index contributed by atoms with van der Waals surface area (Å²) in [5.41, 5.74) is 2.10. The van der Waals surface area contributed by atoms with Crippen molar-refractivity contribution < 1.29 is 0 Å². The zero-order valence-corrected chi connectivity index (χ0v) is 7.73. The molecule has 1 heterocycles. The van der Waals surface area contributed by atoms with E-state index in [-0.39, 0.29) is 0 Å². The third-order valence-corrected chi connectivity index (χ3v) is 3.00. The minimum Gasteiger partial charge on any atom is -0.119 e. The van der Waals surface area contributed by atoms with Crippen molar-refractivity contribution in [2.24, 2.45) is 11.3 Å². The van der Waals surface area contributed by atoms with Crippen LogP contribution in [0.5, 0.6) is 0 Å². The lowest BCUT2D eigenvalue weighted by Crippen LogP contribution is -2.20. The molecule has 0 nitrogen and oxygen atoms in total. The van der Waals surface area contributed by atoms with Crippen molar-refractivity contribution in [2.75, 3.05) is 0 Å². The Bertz CT molecular complexity index is 166. The standard InChI is InChI=1S/C9H17B/c1-7(2)9(3,4)8-6-10(8)5/h6-7H,1-5H3. The maximum atomic E-state index is 2.38. The zero-order valence-electron chi connectivity index (χ0n) is 7.73. The summed E-state index contributed by atoms with van der Waals surface area (Å²) in [6.07, 6.45) is 0. The number of hydrogen-bond donors (Lipinski definition) is 0. The first-order valence-electron chi connectivity index (χ1n) is 4.18. The van der Waals surface area contributed by atoms with Gasteiger partial charge in [0.1, 0.15) is 0 Å². The Balaban J connectivity index is 2.61. The van der Waals surface area contributed by atoms with E-state index in [2.05, 4.69) is 40.5 Å². The Morgan fingerprint density at radius 3 is 1.90 bits per heavy atom. The highest BCUT2D eigenvalue weighted by atomic mass is 14.3. The first-order valence-corrected chi connectivity index (χ1v) is 4.18. The molecule has 0 spiro atoms. The molecule has 0 radical (unpaired) electrons. The number of hydrogen-bond acceptors (Lipinski definition) is 0. The summed E-state index contributed by atoms with van der Waals surface area (Å²) in [5.74, 6) is 3.14. The van der Waals surface area contributed by atoms with Gasteiger partial charge in [0.05, 0.1) is 0 Å². The topological polar surface area (TPSA) is 0 Å². The molecule has 1 aliphatic rings. The van der Waals surface area contributed by atoms with E-state index >= 15 is 0 Å². The molecular weight excluding hydrogens is 119 g/mol.